The molecule has 0 spiro atoms. The van der Waals surface area contributed by atoms with Gasteiger partial charge in [0, 0.05) is 26.2 Å². The Morgan fingerprint density at radius 2 is 1.79 bits per heavy atom. The van der Waals surface area contributed by atoms with Crippen LogP contribution in [0.2, 0.25) is 0 Å². The van der Waals surface area contributed by atoms with Gasteiger partial charge in [0.2, 0.25) is 0 Å². The summed E-state index contributed by atoms with van der Waals surface area (Å²) in [6.45, 7) is 11.5. The molecule has 5 heteroatoms. The quantitative estimate of drug-likeness (QED) is 0.263. The van der Waals surface area contributed by atoms with E-state index in [0.717, 1.165) is 38.7 Å². The molecule has 0 saturated heterocycles. The minimum Gasteiger partial charge on any atom is -0.357 e. The van der Waals surface area contributed by atoms with E-state index in [9.17, 15) is 0 Å². The molecule has 2 N–H and O–H groups in total. The Hall–Kier alpha value is -0.0400. The van der Waals surface area contributed by atoms with Crippen LogP contribution in [0.1, 0.15) is 46.5 Å². The van der Waals surface area contributed by atoms with E-state index < -0.39 is 0 Å². The monoisotopic (exact) mass is 384 g/mol. The zero-order valence-electron chi connectivity index (χ0n) is 13.2. The summed E-state index contributed by atoms with van der Waals surface area (Å²) >= 11 is 0. The van der Waals surface area contributed by atoms with Crippen LogP contribution in [0.25, 0.3) is 0 Å². The number of nitrogens with one attached hydrogen (secondary N) is 2. The van der Waals surface area contributed by atoms with E-state index in [1.165, 1.54) is 25.7 Å². The predicted octanol–water partition coefficient (Wildman–Crippen LogP) is 2.69. The van der Waals surface area contributed by atoms with Crippen LogP contribution in [-0.4, -0.2) is 50.6 Å². The van der Waals surface area contributed by atoms with Gasteiger partial charge in [0.05, 0.1) is 0 Å². The Kier molecular flexibility index (Phi) is 17.9. The van der Waals surface area contributed by atoms with Gasteiger partial charge in [-0.3, -0.25) is 4.99 Å². The first-order valence-corrected chi connectivity index (χ1v) is 7.45. The molecule has 0 saturated carbocycles. The van der Waals surface area contributed by atoms with Gasteiger partial charge in [0.1, 0.15) is 0 Å². The molecule has 19 heavy (non-hydrogen) atoms. The minimum absolute atomic E-state index is 0. The fraction of sp³-hybridized carbons (Fsp3) is 0.929. The third-order valence-electron chi connectivity index (χ3n) is 2.95. The molecule has 0 aliphatic carbocycles. The average molecular weight is 384 g/mol. The highest BCUT2D eigenvalue weighted by atomic mass is 127. The van der Waals surface area contributed by atoms with Crippen LogP contribution in [0.5, 0.6) is 0 Å². The number of nitrogens with zero attached hydrogens (tertiary/aromatic N) is 2. The van der Waals surface area contributed by atoms with Crippen LogP contribution in [0, 0.1) is 0 Å². The Morgan fingerprint density at radius 1 is 1.05 bits per heavy atom. The van der Waals surface area contributed by atoms with Gasteiger partial charge in [-0.1, -0.05) is 33.1 Å². The minimum atomic E-state index is 0. The maximum atomic E-state index is 4.58. The molecule has 0 aromatic rings. The topological polar surface area (TPSA) is 39.7 Å². The molecule has 0 aromatic carbocycles. The van der Waals surface area contributed by atoms with Crippen molar-refractivity contribution in [3.8, 4) is 0 Å². The second-order valence-electron chi connectivity index (χ2n) is 4.64. The number of aliphatic imine (C=N–C) groups is 1. The summed E-state index contributed by atoms with van der Waals surface area (Å²) in [4.78, 5) is 6.87. The molecule has 0 aromatic heterocycles. The van der Waals surface area contributed by atoms with Crippen molar-refractivity contribution in [3.63, 3.8) is 0 Å². The lowest BCUT2D eigenvalue weighted by Gasteiger charge is -2.16. The highest BCUT2D eigenvalue weighted by molar-refractivity contribution is 14.0. The van der Waals surface area contributed by atoms with Crippen molar-refractivity contribution < 1.29 is 0 Å². The predicted molar refractivity (Wildman–Crippen MR) is 96.7 cm³/mol. The van der Waals surface area contributed by atoms with Gasteiger partial charge in [-0.2, -0.15) is 0 Å². The van der Waals surface area contributed by atoms with Crippen molar-refractivity contribution in [2.45, 2.75) is 46.5 Å². The van der Waals surface area contributed by atoms with Crippen LogP contribution in [-0.2, 0) is 0 Å². The van der Waals surface area contributed by atoms with E-state index in [1.807, 2.05) is 0 Å². The molecule has 0 heterocycles. The summed E-state index contributed by atoms with van der Waals surface area (Å²) in [6, 6.07) is 0. The third-order valence-corrected chi connectivity index (χ3v) is 2.95. The summed E-state index contributed by atoms with van der Waals surface area (Å²) in [5, 5.41) is 6.66. The number of hydrogen-bond acceptors (Lipinski definition) is 2. The molecule has 0 aliphatic rings. The molecule has 4 nitrogen and oxygen atoms in total. The van der Waals surface area contributed by atoms with Crippen molar-refractivity contribution in [1.29, 1.82) is 0 Å². The molecule has 0 fully saturated rings. The second-order valence-corrected chi connectivity index (χ2v) is 4.64. The van der Waals surface area contributed by atoms with E-state index in [4.69, 9.17) is 0 Å². The zero-order chi connectivity index (χ0) is 13.6. The first kappa shape index (κ1) is 21.3. The Balaban J connectivity index is 0. The molecule has 0 amide bonds. The van der Waals surface area contributed by atoms with Crippen molar-refractivity contribution in [2.75, 3.05) is 39.8 Å². The lowest BCUT2D eigenvalue weighted by molar-refractivity contribution is 0.357. The zero-order valence-corrected chi connectivity index (χ0v) is 15.5. The normalized spacial score (nSPS) is 11.3. The van der Waals surface area contributed by atoms with Gasteiger partial charge in [0.15, 0.2) is 5.96 Å². The van der Waals surface area contributed by atoms with Crippen molar-refractivity contribution in [1.82, 2.24) is 15.5 Å². The maximum Gasteiger partial charge on any atom is 0.191 e. The van der Waals surface area contributed by atoms with Gasteiger partial charge in [-0.25, -0.2) is 0 Å². The van der Waals surface area contributed by atoms with Crippen LogP contribution in [0.4, 0.5) is 0 Å². The fourth-order valence-corrected chi connectivity index (χ4v) is 1.59. The summed E-state index contributed by atoms with van der Waals surface area (Å²) < 4.78 is 0. The van der Waals surface area contributed by atoms with Crippen molar-refractivity contribution in [3.05, 3.63) is 0 Å². The van der Waals surface area contributed by atoms with Gasteiger partial charge in [-0.05, 0) is 26.9 Å². The largest absolute Gasteiger partial charge is 0.357 e. The van der Waals surface area contributed by atoms with E-state index in [-0.39, 0.29) is 24.0 Å². The molecule has 116 valence electrons. The smallest absolute Gasteiger partial charge is 0.191 e. The molecule has 0 rings (SSSR count). The number of guanidine groups is 1. The van der Waals surface area contributed by atoms with Crippen molar-refractivity contribution in [2.24, 2.45) is 4.99 Å². The van der Waals surface area contributed by atoms with Gasteiger partial charge < -0.3 is 15.5 Å². The molecule has 0 unspecified atom stereocenters. The number of hydrogen-bond donors (Lipinski definition) is 2. The second kappa shape index (κ2) is 16.0. The van der Waals surface area contributed by atoms with Crippen molar-refractivity contribution >= 4 is 29.9 Å². The summed E-state index contributed by atoms with van der Waals surface area (Å²) in [6.07, 6.45) is 5.09. The van der Waals surface area contributed by atoms with E-state index in [1.54, 1.807) is 0 Å². The van der Waals surface area contributed by atoms with Gasteiger partial charge in [0.25, 0.3) is 0 Å². The number of halogens is 1. The first-order valence-electron chi connectivity index (χ1n) is 7.45. The summed E-state index contributed by atoms with van der Waals surface area (Å²) in [5.74, 6) is 0.957. The molecular formula is C14H33IN4. The average Bonchev–Trinajstić information content (AvgIpc) is 2.38. The van der Waals surface area contributed by atoms with Crippen LogP contribution in [0.15, 0.2) is 4.99 Å². The molecule has 0 atom stereocenters. The summed E-state index contributed by atoms with van der Waals surface area (Å²) in [7, 11) is 2.14. The van der Waals surface area contributed by atoms with Crippen LogP contribution >= 0.6 is 24.0 Å². The maximum absolute atomic E-state index is 4.58. The molecule has 0 radical (unpaired) electrons. The highest BCUT2D eigenvalue weighted by Gasteiger charge is 1.98. The number of likely N-dealkylation sites (N-methyl/N-ethyl adjacent to an activating group) is 1. The Bertz CT molecular complexity index is 210. The molecule has 0 aliphatic heterocycles. The summed E-state index contributed by atoms with van der Waals surface area (Å²) in [5.41, 5.74) is 0. The van der Waals surface area contributed by atoms with Gasteiger partial charge in [-0.15, -0.1) is 24.0 Å². The standard InChI is InChI=1S/C14H32N4.HI/c1-5-8-9-10-11-16-14(15-6-2)17-12-13-18(4)7-3;/h5-13H2,1-4H3,(H2,15,16,17);1H. The van der Waals surface area contributed by atoms with Crippen LogP contribution < -0.4 is 10.6 Å². The SMILES string of the molecule is CCCCCCN=C(NCC)NCCN(C)CC.I. The first-order chi connectivity index (χ1) is 8.74. The Labute approximate surface area is 136 Å². The number of unbranched alkanes of at least 4 members (excludes halogenated alkanes) is 3. The van der Waals surface area contributed by atoms with Crippen LogP contribution in [0.3, 0.4) is 0 Å². The highest BCUT2D eigenvalue weighted by Crippen LogP contribution is 1.98. The van der Waals surface area contributed by atoms with Gasteiger partial charge >= 0.3 is 0 Å². The molecule has 0 bridgehead atoms. The van der Waals surface area contributed by atoms with E-state index in [0.29, 0.717) is 0 Å². The fourth-order valence-electron chi connectivity index (χ4n) is 1.59. The van der Waals surface area contributed by atoms with E-state index >= 15 is 0 Å². The number of rotatable bonds is 10. The lowest BCUT2D eigenvalue weighted by atomic mass is 10.2. The third kappa shape index (κ3) is 14.2. The van der Waals surface area contributed by atoms with E-state index in [2.05, 4.69) is 48.3 Å². The molecular weight excluding hydrogens is 351 g/mol. The lowest BCUT2D eigenvalue weighted by Crippen LogP contribution is -2.41. The Morgan fingerprint density at radius 3 is 2.37 bits per heavy atom.